The molecule has 0 bridgehead atoms. The van der Waals surface area contributed by atoms with Crippen LogP contribution in [0.1, 0.15) is 35.7 Å². The SMILES string of the molecule is C#C[C@H](C)OC(=O)NC1CCN(c2cc(C(F)(F)F)c3scc(C(=O)NC)c3n2)CC1. The van der Waals surface area contributed by atoms with E-state index in [0.717, 1.165) is 17.4 Å². The maximum absolute atomic E-state index is 13.7. The molecule has 0 aliphatic carbocycles. The third-order valence-electron chi connectivity index (χ3n) is 4.95. The molecular weight excluding hydrogens is 433 g/mol. The maximum Gasteiger partial charge on any atom is 0.417 e. The average Bonchev–Trinajstić information content (AvgIpc) is 3.16. The molecule has 0 radical (unpaired) electrons. The fourth-order valence-electron chi connectivity index (χ4n) is 3.31. The lowest BCUT2D eigenvalue weighted by atomic mass is 10.0. The quantitative estimate of drug-likeness (QED) is 0.692. The number of hydrogen-bond acceptors (Lipinski definition) is 6. The van der Waals surface area contributed by atoms with Gasteiger partial charge in [0.15, 0.2) is 6.10 Å². The molecule has 11 heteroatoms. The Bertz CT molecular complexity index is 1020. The van der Waals surface area contributed by atoms with Crippen molar-refractivity contribution >= 4 is 39.4 Å². The minimum absolute atomic E-state index is 0.0290. The number of thiophene rings is 1. The largest absolute Gasteiger partial charge is 0.433 e. The summed E-state index contributed by atoms with van der Waals surface area (Å²) in [5, 5.41) is 6.52. The van der Waals surface area contributed by atoms with Crippen LogP contribution in [0.15, 0.2) is 11.4 Å². The van der Waals surface area contributed by atoms with Crippen LogP contribution in [0.3, 0.4) is 0 Å². The second kappa shape index (κ2) is 9.01. The molecule has 7 nitrogen and oxygen atoms in total. The highest BCUT2D eigenvalue weighted by Crippen LogP contribution is 2.40. The smallest absolute Gasteiger partial charge is 0.417 e. The van der Waals surface area contributed by atoms with Gasteiger partial charge in [0.25, 0.3) is 5.91 Å². The third kappa shape index (κ3) is 5.02. The standard InChI is InChI=1S/C20H21F3N4O3S/c1-4-11(2)30-19(29)25-12-5-7-27(8-6-12)15-9-14(20(21,22)23)17-16(26-15)13(10-31-17)18(28)24-3/h1,9-12H,5-8H2,2-3H3,(H,24,28)(H,25,29)/t11-/m0/s1. The van der Waals surface area contributed by atoms with Gasteiger partial charge in [-0.15, -0.1) is 17.8 Å². The molecule has 31 heavy (non-hydrogen) atoms. The fraction of sp³-hybridized carbons (Fsp3) is 0.450. The highest BCUT2D eigenvalue weighted by molar-refractivity contribution is 7.17. The topological polar surface area (TPSA) is 83.6 Å². The van der Waals surface area contributed by atoms with Crippen molar-refractivity contribution in [2.24, 2.45) is 0 Å². The Morgan fingerprint density at radius 1 is 1.39 bits per heavy atom. The molecule has 1 aliphatic heterocycles. The summed E-state index contributed by atoms with van der Waals surface area (Å²) in [5.41, 5.74) is -0.683. The minimum Gasteiger partial charge on any atom is -0.433 e. The zero-order valence-corrected chi connectivity index (χ0v) is 17.7. The summed E-state index contributed by atoms with van der Waals surface area (Å²) in [4.78, 5) is 30.0. The first-order valence-corrected chi connectivity index (χ1v) is 10.4. The van der Waals surface area contributed by atoms with E-state index in [-0.39, 0.29) is 27.6 Å². The molecule has 2 aromatic heterocycles. The van der Waals surface area contributed by atoms with Crippen LogP contribution in [-0.4, -0.2) is 49.3 Å². The number of amides is 2. The van der Waals surface area contributed by atoms with Crippen LogP contribution in [0.25, 0.3) is 10.2 Å². The van der Waals surface area contributed by atoms with Crippen LogP contribution in [0, 0.1) is 12.3 Å². The molecular formula is C20H21F3N4O3S. The van der Waals surface area contributed by atoms with E-state index in [1.165, 1.54) is 12.4 Å². The summed E-state index contributed by atoms with van der Waals surface area (Å²) >= 11 is 0.843. The highest BCUT2D eigenvalue weighted by atomic mass is 32.1. The van der Waals surface area contributed by atoms with Gasteiger partial charge in [0.1, 0.15) is 5.82 Å². The van der Waals surface area contributed by atoms with E-state index in [0.29, 0.717) is 25.9 Å². The van der Waals surface area contributed by atoms with E-state index in [2.05, 4.69) is 21.5 Å². The van der Waals surface area contributed by atoms with E-state index in [4.69, 9.17) is 11.2 Å². The van der Waals surface area contributed by atoms with E-state index in [1.54, 1.807) is 11.8 Å². The Morgan fingerprint density at radius 2 is 2.06 bits per heavy atom. The fourth-order valence-corrected chi connectivity index (χ4v) is 4.34. The molecule has 1 aliphatic rings. The van der Waals surface area contributed by atoms with Crippen molar-refractivity contribution in [3.63, 3.8) is 0 Å². The van der Waals surface area contributed by atoms with Gasteiger partial charge >= 0.3 is 12.3 Å². The molecule has 1 atom stereocenters. The van der Waals surface area contributed by atoms with Gasteiger partial charge in [-0.25, -0.2) is 9.78 Å². The number of hydrogen-bond donors (Lipinski definition) is 2. The maximum atomic E-state index is 13.7. The minimum atomic E-state index is -4.59. The molecule has 2 N–H and O–H groups in total. The number of piperidine rings is 1. The van der Waals surface area contributed by atoms with Gasteiger partial charge in [-0.1, -0.05) is 5.92 Å². The van der Waals surface area contributed by atoms with Crippen molar-refractivity contribution in [3.8, 4) is 12.3 Å². The molecule has 2 aromatic rings. The molecule has 0 unspecified atom stereocenters. The first kappa shape index (κ1) is 22.7. The van der Waals surface area contributed by atoms with Crippen LogP contribution >= 0.6 is 11.3 Å². The number of carbonyl (C=O) groups is 2. The first-order chi connectivity index (χ1) is 14.6. The number of halogens is 3. The Kier molecular flexibility index (Phi) is 6.59. The summed E-state index contributed by atoms with van der Waals surface area (Å²) < 4.78 is 45.9. The van der Waals surface area contributed by atoms with Gasteiger partial charge < -0.3 is 20.3 Å². The zero-order chi connectivity index (χ0) is 22.8. The second-order valence-corrected chi connectivity index (χ2v) is 7.93. The van der Waals surface area contributed by atoms with Crippen molar-refractivity contribution < 1.29 is 27.5 Å². The van der Waals surface area contributed by atoms with E-state index >= 15 is 0 Å². The van der Waals surface area contributed by atoms with Crippen molar-refractivity contribution in [1.29, 1.82) is 0 Å². The molecule has 3 heterocycles. The number of anilines is 1. The summed E-state index contributed by atoms with van der Waals surface area (Å²) in [6.07, 6.45) is 0.292. The van der Waals surface area contributed by atoms with Gasteiger partial charge in [0.2, 0.25) is 0 Å². The Hall–Kier alpha value is -3.00. The summed E-state index contributed by atoms with van der Waals surface area (Å²) in [7, 11) is 1.41. The molecule has 1 fully saturated rings. The van der Waals surface area contributed by atoms with Crippen LogP contribution < -0.4 is 15.5 Å². The average molecular weight is 454 g/mol. The van der Waals surface area contributed by atoms with Crippen LogP contribution in [-0.2, 0) is 10.9 Å². The Balaban J connectivity index is 1.81. The number of alkyl carbamates (subject to hydrolysis) is 1. The molecule has 0 aromatic carbocycles. The molecule has 0 spiro atoms. The number of pyridine rings is 1. The first-order valence-electron chi connectivity index (χ1n) is 9.53. The van der Waals surface area contributed by atoms with Crippen LogP contribution in [0.2, 0.25) is 0 Å². The molecule has 2 amide bonds. The predicted octanol–water partition coefficient (Wildman–Crippen LogP) is 3.39. The Labute approximate surface area is 181 Å². The number of nitrogens with zero attached hydrogens (tertiary/aromatic N) is 2. The summed E-state index contributed by atoms with van der Waals surface area (Å²) in [6, 6.07) is 0.824. The van der Waals surface area contributed by atoms with Gasteiger partial charge in [0.05, 0.1) is 21.3 Å². The number of terminal acetylenes is 1. The monoisotopic (exact) mass is 454 g/mol. The normalized spacial score (nSPS) is 15.9. The number of carbonyl (C=O) groups excluding carboxylic acids is 2. The molecule has 166 valence electrons. The van der Waals surface area contributed by atoms with Crippen LogP contribution in [0.5, 0.6) is 0 Å². The number of alkyl halides is 3. The number of aromatic nitrogens is 1. The van der Waals surface area contributed by atoms with Gasteiger partial charge in [0, 0.05) is 31.6 Å². The lowest BCUT2D eigenvalue weighted by Gasteiger charge is -2.33. The van der Waals surface area contributed by atoms with Crippen molar-refractivity contribution in [1.82, 2.24) is 15.6 Å². The molecule has 1 saturated heterocycles. The predicted molar refractivity (Wildman–Crippen MR) is 111 cm³/mol. The Morgan fingerprint density at radius 3 is 2.65 bits per heavy atom. The van der Waals surface area contributed by atoms with E-state index in [9.17, 15) is 22.8 Å². The second-order valence-electron chi connectivity index (χ2n) is 7.05. The van der Waals surface area contributed by atoms with Gasteiger partial charge in [-0.2, -0.15) is 13.2 Å². The number of fused-ring (bicyclic) bond motifs is 1. The van der Waals surface area contributed by atoms with Gasteiger partial charge in [-0.3, -0.25) is 4.79 Å². The van der Waals surface area contributed by atoms with Gasteiger partial charge in [-0.05, 0) is 25.8 Å². The number of nitrogens with one attached hydrogen (secondary N) is 2. The zero-order valence-electron chi connectivity index (χ0n) is 16.9. The molecule has 0 saturated carbocycles. The third-order valence-corrected chi connectivity index (χ3v) is 5.95. The van der Waals surface area contributed by atoms with Crippen LogP contribution in [0.4, 0.5) is 23.8 Å². The van der Waals surface area contributed by atoms with E-state index < -0.39 is 29.8 Å². The lowest BCUT2D eigenvalue weighted by Crippen LogP contribution is -2.45. The van der Waals surface area contributed by atoms with Crippen molar-refractivity contribution in [2.45, 2.75) is 38.1 Å². The van der Waals surface area contributed by atoms with Crippen molar-refractivity contribution in [3.05, 3.63) is 22.6 Å². The summed E-state index contributed by atoms with van der Waals surface area (Å²) in [6.45, 7) is 2.33. The van der Waals surface area contributed by atoms with Crippen molar-refractivity contribution in [2.75, 3.05) is 25.0 Å². The summed E-state index contributed by atoms with van der Waals surface area (Å²) in [5.74, 6) is 1.94. The molecule has 3 rings (SSSR count). The lowest BCUT2D eigenvalue weighted by molar-refractivity contribution is -0.136. The van der Waals surface area contributed by atoms with E-state index in [1.807, 2.05) is 0 Å². The highest BCUT2D eigenvalue weighted by Gasteiger charge is 2.36. The number of rotatable bonds is 4. The number of ether oxygens (including phenoxy) is 1.